The smallest absolute Gasteiger partial charge is 0.293 e. The number of anilines is 2. The van der Waals surface area contributed by atoms with E-state index in [4.69, 9.17) is 20.5 Å². The fraction of sp³-hybridized carbons (Fsp3) is 0.600. The predicted octanol–water partition coefficient (Wildman–Crippen LogP) is -0.337. The molecule has 0 aliphatic heterocycles. The molecule has 0 aliphatic rings. The molecule has 0 aromatic carbocycles. The SMILES string of the molecule is Nc1c[n+](CCCCCC[n+]2cc(N)on2)no1. The molecule has 2 aromatic heterocycles. The van der Waals surface area contributed by atoms with Crippen molar-refractivity contribution in [2.45, 2.75) is 38.8 Å². The first-order valence-electron chi connectivity index (χ1n) is 5.98. The van der Waals surface area contributed by atoms with Crippen LogP contribution in [0.3, 0.4) is 0 Å². The average Bonchev–Trinajstić information content (AvgIpc) is 2.93. The Bertz CT molecular complexity index is 436. The van der Waals surface area contributed by atoms with Crippen LogP contribution in [0.4, 0.5) is 11.8 Å². The van der Waals surface area contributed by atoms with E-state index in [9.17, 15) is 0 Å². The van der Waals surface area contributed by atoms with Crippen molar-refractivity contribution in [2.75, 3.05) is 11.5 Å². The molecule has 0 amide bonds. The molecule has 0 fully saturated rings. The number of hydrogen-bond donors (Lipinski definition) is 2. The van der Waals surface area contributed by atoms with Crippen LogP contribution >= 0.6 is 0 Å². The summed E-state index contributed by atoms with van der Waals surface area (Å²) in [6.07, 6.45) is 7.70. The summed E-state index contributed by atoms with van der Waals surface area (Å²) in [5.74, 6) is 0.685. The Kier molecular flexibility index (Phi) is 4.11. The van der Waals surface area contributed by atoms with Gasteiger partial charge in [0.2, 0.25) is 10.5 Å². The Balaban J connectivity index is 1.54. The number of nitrogen functional groups attached to an aromatic ring is 2. The molecule has 0 radical (unpaired) electrons. The third-order valence-electron chi connectivity index (χ3n) is 2.58. The van der Waals surface area contributed by atoms with Crippen LogP contribution in [0.25, 0.3) is 0 Å². The van der Waals surface area contributed by atoms with E-state index in [1.54, 1.807) is 21.8 Å². The topological polar surface area (TPSA) is 112 Å². The summed E-state index contributed by atoms with van der Waals surface area (Å²) in [7, 11) is 0. The Labute approximate surface area is 104 Å². The quantitative estimate of drug-likeness (QED) is 0.516. The van der Waals surface area contributed by atoms with Crippen LogP contribution in [-0.4, -0.2) is 10.5 Å². The summed E-state index contributed by atoms with van der Waals surface area (Å²) in [5, 5.41) is 7.52. The zero-order chi connectivity index (χ0) is 12.8. The minimum atomic E-state index is 0.343. The highest BCUT2D eigenvalue weighted by atomic mass is 16.5. The molecule has 0 atom stereocenters. The van der Waals surface area contributed by atoms with Crippen molar-refractivity contribution in [1.29, 1.82) is 0 Å². The van der Waals surface area contributed by atoms with Gasteiger partial charge >= 0.3 is 0 Å². The number of hydrogen-bond acceptors (Lipinski definition) is 6. The van der Waals surface area contributed by atoms with Crippen molar-refractivity contribution in [3.63, 3.8) is 0 Å². The molecule has 0 aliphatic carbocycles. The van der Waals surface area contributed by atoms with Gasteiger partial charge in [-0.1, -0.05) is 9.36 Å². The monoisotopic (exact) mass is 254 g/mol. The summed E-state index contributed by atoms with van der Waals surface area (Å²) in [6.45, 7) is 1.65. The van der Waals surface area contributed by atoms with Gasteiger partial charge in [-0.15, -0.1) is 0 Å². The van der Waals surface area contributed by atoms with Gasteiger partial charge in [0.1, 0.15) is 0 Å². The number of aromatic nitrogens is 4. The zero-order valence-corrected chi connectivity index (χ0v) is 10.2. The molecule has 0 saturated heterocycles. The van der Waals surface area contributed by atoms with Crippen molar-refractivity contribution in [3.05, 3.63) is 12.4 Å². The van der Waals surface area contributed by atoms with E-state index in [1.165, 1.54) is 0 Å². The molecule has 0 bridgehead atoms. The molecule has 0 spiro atoms. The summed E-state index contributed by atoms with van der Waals surface area (Å²) >= 11 is 0. The van der Waals surface area contributed by atoms with Gasteiger partial charge in [0.15, 0.2) is 13.1 Å². The third-order valence-corrected chi connectivity index (χ3v) is 2.58. The second kappa shape index (κ2) is 5.99. The molecule has 18 heavy (non-hydrogen) atoms. The van der Waals surface area contributed by atoms with E-state index >= 15 is 0 Å². The standard InChI is InChI=1S/C10H18N6O2/c11-9-7-15(13-17-9)5-3-1-2-4-6-16-8-10(12)18-14-16/h7-8H,1-6,11-12H2/q+2. The van der Waals surface area contributed by atoms with E-state index in [-0.39, 0.29) is 0 Å². The largest absolute Gasteiger partial charge is 0.362 e. The number of nitrogens with two attached hydrogens (primary N) is 2. The Morgan fingerprint density at radius 1 is 0.833 bits per heavy atom. The fourth-order valence-electron chi connectivity index (χ4n) is 1.70. The van der Waals surface area contributed by atoms with Crippen molar-refractivity contribution in [3.8, 4) is 0 Å². The molecule has 8 nitrogen and oxygen atoms in total. The van der Waals surface area contributed by atoms with Gasteiger partial charge in [0.25, 0.3) is 24.2 Å². The Hall–Kier alpha value is -2.12. The minimum Gasteiger partial charge on any atom is -0.362 e. The molecule has 2 rings (SSSR count). The molecule has 2 heterocycles. The zero-order valence-electron chi connectivity index (χ0n) is 10.2. The lowest BCUT2D eigenvalue weighted by Crippen LogP contribution is -2.35. The van der Waals surface area contributed by atoms with Crippen LogP contribution in [0, 0.1) is 0 Å². The number of aryl methyl sites for hydroxylation is 2. The molecule has 98 valence electrons. The summed E-state index contributed by atoms with van der Waals surface area (Å²) < 4.78 is 12.9. The first-order valence-corrected chi connectivity index (χ1v) is 5.98. The third kappa shape index (κ3) is 3.72. The Morgan fingerprint density at radius 3 is 1.61 bits per heavy atom. The van der Waals surface area contributed by atoms with E-state index < -0.39 is 0 Å². The minimum absolute atomic E-state index is 0.343. The average molecular weight is 254 g/mol. The maximum Gasteiger partial charge on any atom is 0.293 e. The van der Waals surface area contributed by atoms with Crippen molar-refractivity contribution in [2.24, 2.45) is 0 Å². The Morgan fingerprint density at radius 2 is 1.28 bits per heavy atom. The maximum atomic E-state index is 5.42. The van der Waals surface area contributed by atoms with Crippen LogP contribution in [0.1, 0.15) is 25.7 Å². The fourth-order valence-corrected chi connectivity index (χ4v) is 1.70. The van der Waals surface area contributed by atoms with Gasteiger partial charge in [-0.3, -0.25) is 9.05 Å². The van der Waals surface area contributed by atoms with E-state index in [0.717, 1.165) is 38.8 Å². The van der Waals surface area contributed by atoms with Crippen molar-refractivity contribution < 1.29 is 18.4 Å². The van der Waals surface area contributed by atoms with Crippen LogP contribution in [-0.2, 0) is 13.1 Å². The van der Waals surface area contributed by atoms with Crippen LogP contribution in [0.15, 0.2) is 21.4 Å². The molecule has 0 unspecified atom stereocenters. The molecule has 8 heteroatoms. The molecule has 0 saturated carbocycles. The number of unbranched alkanes of at least 4 members (excludes halogenated alkanes) is 3. The van der Waals surface area contributed by atoms with Crippen molar-refractivity contribution >= 4 is 11.8 Å². The summed E-state index contributed by atoms with van der Waals surface area (Å²) in [5.41, 5.74) is 10.8. The highest BCUT2D eigenvalue weighted by molar-refractivity contribution is 5.11. The first-order chi connectivity index (χ1) is 8.74. The van der Waals surface area contributed by atoms with E-state index in [1.807, 2.05) is 0 Å². The van der Waals surface area contributed by atoms with E-state index in [2.05, 4.69) is 10.5 Å². The normalized spacial score (nSPS) is 10.9. The van der Waals surface area contributed by atoms with Crippen molar-refractivity contribution in [1.82, 2.24) is 10.5 Å². The molecular weight excluding hydrogens is 236 g/mol. The van der Waals surface area contributed by atoms with Crippen LogP contribution in [0.2, 0.25) is 0 Å². The molecule has 4 N–H and O–H groups in total. The first kappa shape index (κ1) is 12.3. The highest BCUT2D eigenvalue weighted by Crippen LogP contribution is 2.01. The highest BCUT2D eigenvalue weighted by Gasteiger charge is 2.09. The second-order valence-electron chi connectivity index (χ2n) is 4.15. The molecular formula is C10H18N6O2+2. The van der Waals surface area contributed by atoms with E-state index in [0.29, 0.717) is 11.8 Å². The number of nitrogens with zero attached hydrogens (tertiary/aromatic N) is 4. The van der Waals surface area contributed by atoms with Gasteiger partial charge in [-0.05, 0) is 12.8 Å². The molecule has 2 aromatic rings. The van der Waals surface area contributed by atoms with Crippen LogP contribution < -0.4 is 20.8 Å². The lowest BCUT2D eigenvalue weighted by Gasteiger charge is -1.93. The van der Waals surface area contributed by atoms with Gasteiger partial charge < -0.3 is 11.5 Å². The second-order valence-corrected chi connectivity index (χ2v) is 4.15. The van der Waals surface area contributed by atoms with Gasteiger partial charge in [-0.2, -0.15) is 0 Å². The number of rotatable bonds is 7. The van der Waals surface area contributed by atoms with Gasteiger partial charge in [-0.25, -0.2) is 0 Å². The van der Waals surface area contributed by atoms with Gasteiger partial charge in [0, 0.05) is 12.8 Å². The van der Waals surface area contributed by atoms with Gasteiger partial charge in [0.05, 0.1) is 0 Å². The maximum absolute atomic E-state index is 5.42. The lowest BCUT2D eigenvalue weighted by atomic mass is 10.2. The summed E-state index contributed by atoms with van der Waals surface area (Å²) in [6, 6.07) is 0. The van der Waals surface area contributed by atoms with Crippen LogP contribution in [0.5, 0.6) is 0 Å². The summed E-state index contributed by atoms with van der Waals surface area (Å²) in [4.78, 5) is 0. The predicted molar refractivity (Wildman–Crippen MR) is 60.7 cm³/mol. The lowest BCUT2D eigenvalue weighted by molar-refractivity contribution is -0.763.